The molecule has 0 aromatic rings. The second kappa shape index (κ2) is 2.54. The van der Waals surface area contributed by atoms with Crippen LogP contribution in [0.25, 0.3) is 0 Å². The third kappa shape index (κ3) is 332. The first-order valence-corrected chi connectivity index (χ1v) is 2.93. The molecular formula is CH6BrNO2S. The van der Waals surface area contributed by atoms with Gasteiger partial charge in [-0.15, -0.1) is 17.0 Å². The first-order valence-electron chi connectivity index (χ1n) is 0.977. The van der Waals surface area contributed by atoms with Gasteiger partial charge in [-0.3, -0.25) is 0 Å². The monoisotopic (exact) mass is 175 g/mol. The second-order valence-corrected chi connectivity index (χ2v) is 2.49. The standard InChI is InChI=1S/CH5NO2S.BrH/c1-5(2,3)4;/h1H3,(H2,2,3,4);1H. The summed E-state index contributed by atoms with van der Waals surface area (Å²) in [7, 11) is -3.17. The van der Waals surface area contributed by atoms with Gasteiger partial charge in [0.2, 0.25) is 10.0 Å². The van der Waals surface area contributed by atoms with Crippen molar-refractivity contribution in [3.05, 3.63) is 0 Å². The second-order valence-electron chi connectivity index (χ2n) is 0.830. The Balaban J connectivity index is 0. The van der Waals surface area contributed by atoms with Crippen molar-refractivity contribution >= 4 is 27.0 Å². The third-order valence-electron chi connectivity index (χ3n) is 0. The molecule has 0 rings (SSSR count). The molecule has 0 aliphatic carbocycles. The van der Waals surface area contributed by atoms with Crippen LogP contribution in [0, 0.1) is 0 Å². The van der Waals surface area contributed by atoms with Gasteiger partial charge in [-0.2, -0.15) is 0 Å². The van der Waals surface area contributed by atoms with Crippen LogP contribution in [0.5, 0.6) is 0 Å². The first-order chi connectivity index (χ1) is 2.00. The zero-order valence-electron chi connectivity index (χ0n) is 3.21. The molecule has 0 radical (unpaired) electrons. The molecule has 0 aliphatic heterocycles. The summed E-state index contributed by atoms with van der Waals surface area (Å²) >= 11 is 0. The molecule has 0 bridgehead atoms. The van der Waals surface area contributed by atoms with Crippen LogP contribution >= 0.6 is 17.0 Å². The van der Waals surface area contributed by atoms with Crippen LogP contribution in [0.4, 0.5) is 0 Å². The highest BCUT2D eigenvalue weighted by molar-refractivity contribution is 8.93. The summed E-state index contributed by atoms with van der Waals surface area (Å²) in [5.41, 5.74) is 0. The highest BCUT2D eigenvalue weighted by atomic mass is 79.9. The number of primary sulfonamides is 1. The summed E-state index contributed by atoms with van der Waals surface area (Å²) in [4.78, 5) is 0. The molecule has 0 atom stereocenters. The lowest BCUT2D eigenvalue weighted by Crippen LogP contribution is -2.07. The average molecular weight is 176 g/mol. The summed E-state index contributed by atoms with van der Waals surface area (Å²) in [5.74, 6) is 0. The summed E-state index contributed by atoms with van der Waals surface area (Å²) in [6, 6.07) is 0. The van der Waals surface area contributed by atoms with E-state index in [-0.39, 0.29) is 17.0 Å². The lowest BCUT2D eigenvalue weighted by molar-refractivity contribution is 0.603. The molecule has 0 amide bonds. The number of nitrogens with two attached hydrogens (primary N) is 1. The van der Waals surface area contributed by atoms with Gasteiger partial charge in [0, 0.05) is 0 Å². The van der Waals surface area contributed by atoms with Gasteiger partial charge >= 0.3 is 0 Å². The number of sulfonamides is 1. The predicted octanol–water partition coefficient (Wildman–Crippen LogP) is -0.517. The molecule has 0 saturated heterocycles. The van der Waals surface area contributed by atoms with Gasteiger partial charge in [0.15, 0.2) is 0 Å². The zero-order valence-corrected chi connectivity index (χ0v) is 5.74. The van der Waals surface area contributed by atoms with Crippen LogP contribution in [0.15, 0.2) is 0 Å². The molecule has 0 aromatic carbocycles. The van der Waals surface area contributed by atoms with Crippen molar-refractivity contribution in [1.82, 2.24) is 0 Å². The van der Waals surface area contributed by atoms with Crippen LogP contribution in [0.3, 0.4) is 0 Å². The molecular weight excluding hydrogens is 170 g/mol. The van der Waals surface area contributed by atoms with Crippen molar-refractivity contribution in [3.8, 4) is 0 Å². The Kier molecular flexibility index (Phi) is 4.08. The molecule has 0 fully saturated rings. The van der Waals surface area contributed by atoms with E-state index in [4.69, 9.17) is 0 Å². The molecule has 0 unspecified atom stereocenters. The summed E-state index contributed by atoms with van der Waals surface area (Å²) in [5, 5.41) is 4.33. The van der Waals surface area contributed by atoms with E-state index in [0.717, 1.165) is 6.26 Å². The fraction of sp³-hybridized carbons (Fsp3) is 1.00. The Morgan fingerprint density at radius 2 is 1.50 bits per heavy atom. The first kappa shape index (κ1) is 9.63. The van der Waals surface area contributed by atoms with Crippen LogP contribution in [0.2, 0.25) is 0 Å². The van der Waals surface area contributed by atoms with Crippen molar-refractivity contribution in [2.45, 2.75) is 0 Å². The van der Waals surface area contributed by atoms with Gasteiger partial charge in [0.05, 0.1) is 6.26 Å². The molecule has 5 heteroatoms. The maximum atomic E-state index is 9.41. The van der Waals surface area contributed by atoms with E-state index in [9.17, 15) is 8.42 Å². The Hall–Kier alpha value is 0.390. The Bertz CT molecular complexity index is 96.7. The van der Waals surface area contributed by atoms with Crippen molar-refractivity contribution in [3.63, 3.8) is 0 Å². The average Bonchev–Trinajstić information content (AvgIpc) is 0.722. The predicted molar refractivity (Wildman–Crippen MR) is 29.4 cm³/mol. The Labute approximate surface area is 47.4 Å². The van der Waals surface area contributed by atoms with Gasteiger partial charge in [0.1, 0.15) is 0 Å². The smallest absolute Gasteiger partial charge is 0.206 e. The molecule has 6 heavy (non-hydrogen) atoms. The summed E-state index contributed by atoms with van der Waals surface area (Å²) in [6.07, 6.45) is 0.938. The van der Waals surface area contributed by atoms with E-state index in [1.165, 1.54) is 0 Å². The lowest BCUT2D eigenvalue weighted by atomic mass is 12.0. The number of halogens is 1. The number of hydrogen-bond acceptors (Lipinski definition) is 2. The lowest BCUT2D eigenvalue weighted by Gasteiger charge is -1.71. The van der Waals surface area contributed by atoms with E-state index in [1.54, 1.807) is 0 Å². The quantitative estimate of drug-likeness (QED) is 0.539. The van der Waals surface area contributed by atoms with Gasteiger partial charge in [-0.05, 0) is 0 Å². The van der Waals surface area contributed by atoms with E-state index >= 15 is 0 Å². The van der Waals surface area contributed by atoms with Gasteiger partial charge < -0.3 is 0 Å². The van der Waals surface area contributed by atoms with Crippen molar-refractivity contribution < 1.29 is 8.42 Å². The van der Waals surface area contributed by atoms with Gasteiger partial charge in [-0.25, -0.2) is 13.6 Å². The highest BCUT2D eigenvalue weighted by Crippen LogP contribution is 1.52. The maximum absolute atomic E-state index is 9.41. The minimum atomic E-state index is -3.17. The van der Waals surface area contributed by atoms with Crippen LogP contribution in [-0.4, -0.2) is 14.7 Å². The minimum Gasteiger partial charge on any atom is -0.229 e. The number of hydrogen-bond donors (Lipinski definition) is 1. The van der Waals surface area contributed by atoms with E-state index in [1.807, 2.05) is 0 Å². The molecule has 0 aliphatic rings. The summed E-state index contributed by atoms with van der Waals surface area (Å²) in [6.45, 7) is 0. The zero-order chi connectivity index (χ0) is 4.50. The largest absolute Gasteiger partial charge is 0.229 e. The fourth-order valence-electron chi connectivity index (χ4n) is 0. The van der Waals surface area contributed by atoms with Crippen molar-refractivity contribution in [1.29, 1.82) is 0 Å². The van der Waals surface area contributed by atoms with Crippen molar-refractivity contribution in [2.75, 3.05) is 6.26 Å². The minimum absolute atomic E-state index is 0. The normalized spacial score (nSPS) is 9.67. The Morgan fingerprint density at radius 1 is 1.50 bits per heavy atom. The maximum Gasteiger partial charge on any atom is 0.206 e. The van der Waals surface area contributed by atoms with E-state index in [0.29, 0.717) is 0 Å². The molecule has 0 aromatic heterocycles. The molecule has 0 spiro atoms. The molecule has 0 heterocycles. The van der Waals surface area contributed by atoms with E-state index in [2.05, 4.69) is 5.14 Å². The number of rotatable bonds is 0. The van der Waals surface area contributed by atoms with Crippen LogP contribution in [-0.2, 0) is 10.0 Å². The van der Waals surface area contributed by atoms with Gasteiger partial charge in [-0.1, -0.05) is 0 Å². The molecule has 2 N–H and O–H groups in total. The SMILES string of the molecule is Br.CS(N)(=O)=O. The third-order valence-corrected chi connectivity index (χ3v) is 0. The van der Waals surface area contributed by atoms with Crippen molar-refractivity contribution in [2.24, 2.45) is 5.14 Å². The Morgan fingerprint density at radius 3 is 1.50 bits per heavy atom. The highest BCUT2D eigenvalue weighted by Gasteiger charge is 1.78. The summed E-state index contributed by atoms with van der Waals surface area (Å²) < 4.78 is 18.8. The topological polar surface area (TPSA) is 60.2 Å². The molecule has 0 saturated carbocycles. The molecule has 40 valence electrons. The molecule has 3 nitrogen and oxygen atoms in total. The van der Waals surface area contributed by atoms with Crippen LogP contribution < -0.4 is 5.14 Å². The fourth-order valence-corrected chi connectivity index (χ4v) is 0. The van der Waals surface area contributed by atoms with E-state index < -0.39 is 10.0 Å². The van der Waals surface area contributed by atoms with Gasteiger partial charge in [0.25, 0.3) is 0 Å². The van der Waals surface area contributed by atoms with Crippen LogP contribution in [0.1, 0.15) is 0 Å².